The fourth-order valence-electron chi connectivity index (χ4n) is 2.07. The Labute approximate surface area is 98.4 Å². The van der Waals surface area contributed by atoms with Crippen LogP contribution < -0.4 is 5.32 Å². The third-order valence-corrected chi connectivity index (χ3v) is 2.96. The fourth-order valence-corrected chi connectivity index (χ4v) is 2.07. The first-order chi connectivity index (χ1) is 8.34. The second-order valence-electron chi connectivity index (χ2n) is 4.19. The van der Waals surface area contributed by atoms with Crippen LogP contribution in [0.1, 0.15) is 18.5 Å². The largest absolute Gasteiger partial charge is 0.376 e. The average Bonchev–Trinajstić information content (AvgIpc) is 2.97. The van der Waals surface area contributed by atoms with Crippen molar-refractivity contribution in [2.24, 2.45) is 0 Å². The van der Waals surface area contributed by atoms with Crippen LogP contribution in [0.15, 0.2) is 10.9 Å². The SMILES string of the molecule is Cc1noc2ncnc(NCC3CCCO3)c12. The van der Waals surface area contributed by atoms with E-state index in [1.165, 1.54) is 6.33 Å². The van der Waals surface area contributed by atoms with E-state index in [0.29, 0.717) is 5.71 Å². The summed E-state index contributed by atoms with van der Waals surface area (Å²) >= 11 is 0. The molecule has 0 bridgehead atoms. The lowest BCUT2D eigenvalue weighted by molar-refractivity contribution is 0.120. The van der Waals surface area contributed by atoms with E-state index in [0.717, 1.165) is 42.9 Å². The second-order valence-corrected chi connectivity index (χ2v) is 4.19. The maximum atomic E-state index is 5.55. The minimum atomic E-state index is 0.278. The second kappa shape index (κ2) is 4.29. The number of nitrogens with zero attached hydrogens (tertiary/aromatic N) is 3. The number of ether oxygens (including phenoxy) is 1. The topological polar surface area (TPSA) is 73.1 Å². The zero-order valence-corrected chi connectivity index (χ0v) is 9.64. The number of anilines is 1. The highest BCUT2D eigenvalue weighted by atomic mass is 16.5. The van der Waals surface area contributed by atoms with Crippen molar-refractivity contribution in [2.45, 2.75) is 25.9 Å². The number of aromatic nitrogens is 3. The molecule has 0 saturated carbocycles. The van der Waals surface area contributed by atoms with Gasteiger partial charge in [-0.05, 0) is 19.8 Å². The van der Waals surface area contributed by atoms with Crippen LogP contribution >= 0.6 is 0 Å². The molecule has 90 valence electrons. The van der Waals surface area contributed by atoms with Gasteiger partial charge in [-0.15, -0.1) is 0 Å². The number of hydrogen-bond donors (Lipinski definition) is 1. The first-order valence-electron chi connectivity index (χ1n) is 5.77. The van der Waals surface area contributed by atoms with E-state index in [2.05, 4.69) is 20.4 Å². The molecule has 6 heteroatoms. The fraction of sp³-hybridized carbons (Fsp3) is 0.545. The summed E-state index contributed by atoms with van der Waals surface area (Å²) in [5.41, 5.74) is 1.32. The molecule has 1 unspecified atom stereocenters. The van der Waals surface area contributed by atoms with E-state index in [1.54, 1.807) is 0 Å². The molecule has 2 aromatic rings. The molecule has 1 atom stereocenters. The molecule has 1 fully saturated rings. The lowest BCUT2D eigenvalue weighted by Gasteiger charge is -2.11. The Morgan fingerprint density at radius 3 is 3.24 bits per heavy atom. The van der Waals surface area contributed by atoms with E-state index in [1.807, 2.05) is 6.92 Å². The molecule has 0 aromatic carbocycles. The van der Waals surface area contributed by atoms with Gasteiger partial charge in [0.15, 0.2) is 0 Å². The smallest absolute Gasteiger partial charge is 0.263 e. The van der Waals surface area contributed by atoms with Crippen LogP contribution in [0.25, 0.3) is 11.1 Å². The summed E-state index contributed by atoms with van der Waals surface area (Å²) in [6, 6.07) is 0. The molecule has 17 heavy (non-hydrogen) atoms. The molecule has 1 aliphatic rings. The molecule has 1 aliphatic heterocycles. The lowest BCUT2D eigenvalue weighted by Crippen LogP contribution is -2.19. The van der Waals surface area contributed by atoms with Crippen molar-refractivity contribution in [3.8, 4) is 0 Å². The first-order valence-corrected chi connectivity index (χ1v) is 5.77. The standard InChI is InChI=1S/C11H14N4O2/c1-7-9-10(12-5-8-3-2-4-16-8)13-6-14-11(9)17-15-7/h6,8H,2-5H2,1H3,(H,12,13,14). The van der Waals surface area contributed by atoms with Crippen molar-refractivity contribution in [1.29, 1.82) is 0 Å². The molecule has 1 saturated heterocycles. The lowest BCUT2D eigenvalue weighted by atomic mass is 10.2. The Hall–Kier alpha value is -1.69. The van der Waals surface area contributed by atoms with Gasteiger partial charge < -0.3 is 14.6 Å². The van der Waals surface area contributed by atoms with Gasteiger partial charge in [-0.25, -0.2) is 4.98 Å². The average molecular weight is 234 g/mol. The molecule has 1 N–H and O–H groups in total. The third-order valence-electron chi connectivity index (χ3n) is 2.96. The highest BCUT2D eigenvalue weighted by molar-refractivity contribution is 5.87. The van der Waals surface area contributed by atoms with Crippen LogP contribution in [0.4, 0.5) is 5.82 Å². The Morgan fingerprint density at radius 2 is 2.41 bits per heavy atom. The van der Waals surface area contributed by atoms with Crippen LogP contribution in [-0.2, 0) is 4.74 Å². The minimum absolute atomic E-state index is 0.278. The van der Waals surface area contributed by atoms with Gasteiger partial charge in [-0.1, -0.05) is 5.16 Å². The summed E-state index contributed by atoms with van der Waals surface area (Å²) < 4.78 is 10.6. The molecule has 2 aromatic heterocycles. The first kappa shape index (κ1) is 10.5. The number of rotatable bonds is 3. The Kier molecular flexibility index (Phi) is 2.64. The predicted molar refractivity (Wildman–Crippen MR) is 61.8 cm³/mol. The van der Waals surface area contributed by atoms with Gasteiger partial charge in [0.2, 0.25) is 0 Å². The number of hydrogen-bond acceptors (Lipinski definition) is 6. The van der Waals surface area contributed by atoms with Gasteiger partial charge in [0, 0.05) is 13.2 Å². The molecular formula is C11H14N4O2. The van der Waals surface area contributed by atoms with Gasteiger partial charge in [-0.3, -0.25) is 0 Å². The van der Waals surface area contributed by atoms with Crippen molar-refractivity contribution in [2.75, 3.05) is 18.5 Å². The summed E-state index contributed by atoms with van der Waals surface area (Å²) in [4.78, 5) is 8.25. The van der Waals surface area contributed by atoms with Crippen LogP contribution in [0.3, 0.4) is 0 Å². The van der Waals surface area contributed by atoms with Gasteiger partial charge >= 0.3 is 0 Å². The molecule has 6 nitrogen and oxygen atoms in total. The normalized spacial score (nSPS) is 19.9. The number of aryl methyl sites for hydroxylation is 1. The van der Waals surface area contributed by atoms with Crippen LogP contribution in [0.5, 0.6) is 0 Å². The molecule has 0 aliphatic carbocycles. The van der Waals surface area contributed by atoms with Crippen molar-refractivity contribution in [3.63, 3.8) is 0 Å². The summed E-state index contributed by atoms with van der Waals surface area (Å²) in [6.45, 7) is 3.50. The zero-order chi connectivity index (χ0) is 11.7. The van der Waals surface area contributed by atoms with Gasteiger partial charge in [0.05, 0.1) is 11.8 Å². The number of fused-ring (bicyclic) bond motifs is 1. The molecule has 3 heterocycles. The number of nitrogens with one attached hydrogen (secondary N) is 1. The molecule has 0 amide bonds. The summed E-state index contributed by atoms with van der Waals surface area (Å²) in [5.74, 6) is 0.768. The van der Waals surface area contributed by atoms with Crippen LogP contribution in [-0.4, -0.2) is 34.4 Å². The van der Waals surface area contributed by atoms with E-state index in [4.69, 9.17) is 9.26 Å². The Bertz CT molecular complexity index is 519. The van der Waals surface area contributed by atoms with Gasteiger partial charge in [0.1, 0.15) is 17.5 Å². The van der Waals surface area contributed by atoms with E-state index >= 15 is 0 Å². The van der Waals surface area contributed by atoms with Gasteiger partial charge in [-0.2, -0.15) is 4.98 Å². The minimum Gasteiger partial charge on any atom is -0.376 e. The summed E-state index contributed by atoms with van der Waals surface area (Å²) in [7, 11) is 0. The maximum absolute atomic E-state index is 5.55. The third kappa shape index (κ3) is 1.95. The highest BCUT2D eigenvalue weighted by Crippen LogP contribution is 2.22. The van der Waals surface area contributed by atoms with Gasteiger partial charge in [0.25, 0.3) is 5.71 Å². The predicted octanol–water partition coefficient (Wildman–Crippen LogP) is 1.52. The summed E-state index contributed by atoms with van der Waals surface area (Å²) in [6.07, 6.45) is 3.99. The Balaban J connectivity index is 1.81. The maximum Gasteiger partial charge on any atom is 0.263 e. The molecule has 3 rings (SSSR count). The monoisotopic (exact) mass is 234 g/mol. The van der Waals surface area contributed by atoms with E-state index in [9.17, 15) is 0 Å². The van der Waals surface area contributed by atoms with E-state index in [-0.39, 0.29) is 6.10 Å². The molecule has 0 radical (unpaired) electrons. The quantitative estimate of drug-likeness (QED) is 0.868. The van der Waals surface area contributed by atoms with Crippen molar-refractivity contribution in [1.82, 2.24) is 15.1 Å². The van der Waals surface area contributed by atoms with Crippen molar-refractivity contribution in [3.05, 3.63) is 12.0 Å². The highest BCUT2D eigenvalue weighted by Gasteiger charge is 2.17. The zero-order valence-electron chi connectivity index (χ0n) is 9.64. The van der Waals surface area contributed by atoms with Crippen molar-refractivity contribution >= 4 is 16.9 Å². The summed E-state index contributed by atoms with van der Waals surface area (Å²) in [5, 5.41) is 8.02. The molecular weight excluding hydrogens is 220 g/mol. The Morgan fingerprint density at radius 1 is 1.47 bits per heavy atom. The van der Waals surface area contributed by atoms with Crippen molar-refractivity contribution < 1.29 is 9.26 Å². The van der Waals surface area contributed by atoms with Crippen LogP contribution in [0, 0.1) is 6.92 Å². The molecule has 0 spiro atoms. The van der Waals surface area contributed by atoms with Crippen LogP contribution in [0.2, 0.25) is 0 Å². The van der Waals surface area contributed by atoms with E-state index < -0.39 is 0 Å².